The summed E-state index contributed by atoms with van der Waals surface area (Å²) in [5.41, 5.74) is 4.68. The standard InChI is InChI=1S/C14H15ClN2O2/c1-10-7-8-11(2)17(10)16-14(18)9-19-13-6-4-3-5-12(13)15/h3-8H,9H2,1-2H3,(H,16,18). The second-order valence-corrected chi connectivity index (χ2v) is 4.61. The number of carbonyl (C=O) groups is 1. The second kappa shape index (κ2) is 5.80. The first kappa shape index (κ1) is 13.5. The molecule has 1 heterocycles. The Bertz CT molecular complexity index is 573. The summed E-state index contributed by atoms with van der Waals surface area (Å²) in [6.07, 6.45) is 0. The summed E-state index contributed by atoms with van der Waals surface area (Å²) in [5, 5.41) is 0.489. The van der Waals surface area contributed by atoms with Crippen LogP contribution in [0.2, 0.25) is 5.02 Å². The normalized spacial score (nSPS) is 10.3. The van der Waals surface area contributed by atoms with Crippen molar-refractivity contribution in [2.45, 2.75) is 13.8 Å². The largest absolute Gasteiger partial charge is 0.482 e. The molecule has 0 unspecified atom stereocenters. The average molecular weight is 279 g/mol. The molecule has 0 aliphatic heterocycles. The number of nitrogens with zero attached hydrogens (tertiary/aromatic N) is 1. The highest BCUT2D eigenvalue weighted by Gasteiger charge is 2.08. The molecule has 0 radical (unpaired) electrons. The van der Waals surface area contributed by atoms with Crippen molar-refractivity contribution in [2.75, 3.05) is 12.0 Å². The van der Waals surface area contributed by atoms with Crippen LogP contribution in [0.5, 0.6) is 5.75 Å². The Balaban J connectivity index is 1.94. The number of carbonyl (C=O) groups excluding carboxylic acids is 1. The van der Waals surface area contributed by atoms with Gasteiger partial charge in [0, 0.05) is 11.4 Å². The minimum Gasteiger partial charge on any atom is -0.482 e. The van der Waals surface area contributed by atoms with Crippen molar-refractivity contribution >= 4 is 17.5 Å². The van der Waals surface area contributed by atoms with Gasteiger partial charge in [0.2, 0.25) is 0 Å². The van der Waals surface area contributed by atoms with Crippen molar-refractivity contribution in [3.63, 3.8) is 0 Å². The average Bonchev–Trinajstić information content (AvgIpc) is 2.70. The molecule has 0 atom stereocenters. The van der Waals surface area contributed by atoms with Gasteiger partial charge in [-0.25, -0.2) is 0 Å². The summed E-state index contributed by atoms with van der Waals surface area (Å²) in [6.45, 7) is 3.76. The van der Waals surface area contributed by atoms with Gasteiger partial charge in [0.25, 0.3) is 5.91 Å². The van der Waals surface area contributed by atoms with Crippen LogP contribution in [0.25, 0.3) is 0 Å². The third-order valence-corrected chi connectivity index (χ3v) is 3.02. The molecule has 1 N–H and O–H groups in total. The number of benzene rings is 1. The third-order valence-electron chi connectivity index (χ3n) is 2.70. The topological polar surface area (TPSA) is 43.3 Å². The SMILES string of the molecule is Cc1ccc(C)n1NC(=O)COc1ccccc1Cl. The van der Waals surface area contributed by atoms with Crippen molar-refractivity contribution < 1.29 is 9.53 Å². The van der Waals surface area contributed by atoms with E-state index in [4.69, 9.17) is 16.3 Å². The summed E-state index contributed by atoms with van der Waals surface area (Å²) in [5.74, 6) is 0.266. The summed E-state index contributed by atoms with van der Waals surface area (Å²) in [7, 11) is 0. The first-order valence-electron chi connectivity index (χ1n) is 5.90. The lowest BCUT2D eigenvalue weighted by atomic mass is 10.3. The number of aromatic nitrogens is 1. The first-order valence-corrected chi connectivity index (χ1v) is 6.28. The Labute approximate surface area is 116 Å². The summed E-state index contributed by atoms with van der Waals surface area (Å²) < 4.78 is 7.09. The number of hydrogen-bond acceptors (Lipinski definition) is 2. The summed E-state index contributed by atoms with van der Waals surface area (Å²) in [6, 6.07) is 10.9. The molecule has 2 rings (SSSR count). The Hall–Kier alpha value is -1.94. The van der Waals surface area contributed by atoms with Crippen LogP contribution in [0.1, 0.15) is 11.4 Å². The molecule has 19 heavy (non-hydrogen) atoms. The number of halogens is 1. The molecule has 0 bridgehead atoms. The molecule has 0 saturated heterocycles. The van der Waals surface area contributed by atoms with Gasteiger partial charge in [0.15, 0.2) is 6.61 Å². The monoisotopic (exact) mass is 278 g/mol. The maximum absolute atomic E-state index is 11.8. The summed E-state index contributed by atoms with van der Waals surface area (Å²) in [4.78, 5) is 11.8. The highest BCUT2D eigenvalue weighted by Crippen LogP contribution is 2.22. The minimum absolute atomic E-state index is 0.0825. The Morgan fingerprint density at radius 2 is 1.84 bits per heavy atom. The van der Waals surface area contributed by atoms with Gasteiger partial charge in [-0.05, 0) is 38.1 Å². The van der Waals surface area contributed by atoms with Crippen molar-refractivity contribution in [3.8, 4) is 5.75 Å². The van der Waals surface area contributed by atoms with Crippen LogP contribution < -0.4 is 10.2 Å². The van der Waals surface area contributed by atoms with E-state index in [1.165, 1.54) is 0 Å². The van der Waals surface area contributed by atoms with E-state index in [0.717, 1.165) is 11.4 Å². The van der Waals surface area contributed by atoms with Gasteiger partial charge in [0.05, 0.1) is 5.02 Å². The minimum atomic E-state index is -0.234. The molecule has 1 amide bonds. The van der Waals surface area contributed by atoms with Gasteiger partial charge in [0.1, 0.15) is 5.75 Å². The zero-order chi connectivity index (χ0) is 13.8. The molecule has 1 aromatic carbocycles. The van der Waals surface area contributed by atoms with Crippen LogP contribution in [0.4, 0.5) is 0 Å². The van der Waals surface area contributed by atoms with Crippen molar-refractivity contribution in [2.24, 2.45) is 0 Å². The predicted octanol–water partition coefficient (Wildman–Crippen LogP) is 2.91. The lowest BCUT2D eigenvalue weighted by Crippen LogP contribution is -2.29. The fraction of sp³-hybridized carbons (Fsp3) is 0.214. The van der Waals surface area contributed by atoms with Crippen LogP contribution in [0, 0.1) is 13.8 Å². The van der Waals surface area contributed by atoms with Crippen LogP contribution >= 0.6 is 11.6 Å². The van der Waals surface area contributed by atoms with E-state index in [0.29, 0.717) is 10.8 Å². The molecular weight excluding hydrogens is 264 g/mol. The van der Waals surface area contributed by atoms with E-state index in [-0.39, 0.29) is 12.5 Å². The Morgan fingerprint density at radius 3 is 2.47 bits per heavy atom. The van der Waals surface area contributed by atoms with Crippen molar-refractivity contribution in [3.05, 3.63) is 52.8 Å². The van der Waals surface area contributed by atoms with Gasteiger partial charge in [-0.1, -0.05) is 23.7 Å². The molecule has 4 nitrogen and oxygen atoms in total. The number of hydrogen-bond donors (Lipinski definition) is 1. The van der Waals surface area contributed by atoms with Crippen LogP contribution in [0.15, 0.2) is 36.4 Å². The summed E-state index contributed by atoms with van der Waals surface area (Å²) >= 11 is 5.94. The molecule has 0 fully saturated rings. The van der Waals surface area contributed by atoms with E-state index in [1.54, 1.807) is 22.9 Å². The van der Waals surface area contributed by atoms with Gasteiger partial charge < -0.3 is 4.74 Å². The van der Waals surface area contributed by atoms with Gasteiger partial charge in [-0.3, -0.25) is 14.9 Å². The van der Waals surface area contributed by atoms with E-state index < -0.39 is 0 Å². The smallest absolute Gasteiger partial charge is 0.276 e. The number of rotatable bonds is 4. The second-order valence-electron chi connectivity index (χ2n) is 4.21. The van der Waals surface area contributed by atoms with E-state index >= 15 is 0 Å². The van der Waals surface area contributed by atoms with Crippen molar-refractivity contribution in [1.29, 1.82) is 0 Å². The molecule has 0 aliphatic carbocycles. The number of ether oxygens (including phenoxy) is 1. The Morgan fingerprint density at radius 1 is 1.21 bits per heavy atom. The molecular formula is C14H15ClN2O2. The van der Waals surface area contributed by atoms with E-state index in [2.05, 4.69) is 5.43 Å². The van der Waals surface area contributed by atoms with Gasteiger partial charge >= 0.3 is 0 Å². The lowest BCUT2D eigenvalue weighted by molar-refractivity contribution is -0.119. The molecule has 0 aliphatic rings. The molecule has 2 aromatic rings. The fourth-order valence-corrected chi connectivity index (χ4v) is 1.90. The molecule has 5 heteroatoms. The van der Waals surface area contributed by atoms with Crippen LogP contribution in [0.3, 0.4) is 0 Å². The number of amides is 1. The number of nitrogens with one attached hydrogen (secondary N) is 1. The molecule has 0 spiro atoms. The van der Waals surface area contributed by atoms with E-state index in [9.17, 15) is 4.79 Å². The Kier molecular flexibility index (Phi) is 4.12. The van der Waals surface area contributed by atoms with Crippen molar-refractivity contribution in [1.82, 2.24) is 4.68 Å². The maximum atomic E-state index is 11.8. The first-order chi connectivity index (χ1) is 9.08. The highest BCUT2D eigenvalue weighted by atomic mass is 35.5. The molecule has 0 saturated carbocycles. The fourth-order valence-electron chi connectivity index (χ4n) is 1.71. The molecule has 1 aromatic heterocycles. The number of aryl methyl sites for hydroxylation is 2. The zero-order valence-electron chi connectivity index (χ0n) is 10.8. The highest BCUT2D eigenvalue weighted by molar-refractivity contribution is 6.32. The van der Waals surface area contributed by atoms with Crippen LogP contribution in [-0.2, 0) is 4.79 Å². The van der Waals surface area contributed by atoms with Crippen LogP contribution in [-0.4, -0.2) is 17.2 Å². The van der Waals surface area contributed by atoms with Gasteiger partial charge in [-0.2, -0.15) is 0 Å². The van der Waals surface area contributed by atoms with E-state index in [1.807, 2.05) is 32.0 Å². The quantitative estimate of drug-likeness (QED) is 0.934. The zero-order valence-corrected chi connectivity index (χ0v) is 11.6. The van der Waals surface area contributed by atoms with Gasteiger partial charge in [-0.15, -0.1) is 0 Å². The molecule has 100 valence electrons. The predicted molar refractivity (Wildman–Crippen MR) is 75.2 cm³/mol. The maximum Gasteiger partial charge on any atom is 0.276 e. The lowest BCUT2D eigenvalue weighted by Gasteiger charge is -2.12. The number of para-hydroxylation sites is 1. The third kappa shape index (κ3) is 3.29.